The molecule has 0 spiro atoms. The molecule has 7 nitrogen and oxygen atoms in total. The van der Waals surface area contributed by atoms with Crippen molar-refractivity contribution in [2.75, 3.05) is 0 Å². The SMILES string of the molecule is Cc1ccc(-n2cc(C(=O)NC34CC(CC(=O)[C@H]5C[C@@H](O)c6cc(Cl)ccc6O5)(C3)C4)cn2)cc1F. The van der Waals surface area contributed by atoms with Gasteiger partial charge in [0.25, 0.3) is 5.91 Å². The van der Waals surface area contributed by atoms with Crippen LogP contribution in [-0.4, -0.2) is 38.2 Å². The number of aromatic nitrogens is 2. The number of nitrogens with one attached hydrogen (secondary N) is 1. The standard InChI is InChI=1S/C27H25ClFN3O4/c1-15-2-4-18(7-20(15)29)32-11-16(10-30-32)25(35)31-27-12-26(13-27,14-27)9-22(34)24-8-21(33)19-6-17(28)3-5-23(19)36-24/h2-7,10-11,21,24,33H,8-9,12-14H2,1H3,(H,31,35)/t21-,24-,26?,27?/m1/s1. The van der Waals surface area contributed by atoms with Crippen molar-refractivity contribution in [2.24, 2.45) is 5.41 Å². The van der Waals surface area contributed by atoms with Gasteiger partial charge in [0, 0.05) is 35.2 Å². The Labute approximate surface area is 212 Å². The molecule has 2 atom stereocenters. The maximum atomic E-state index is 13.9. The van der Waals surface area contributed by atoms with Crippen molar-refractivity contribution < 1.29 is 23.8 Å². The van der Waals surface area contributed by atoms with Crippen molar-refractivity contribution in [2.45, 2.75) is 56.8 Å². The molecule has 36 heavy (non-hydrogen) atoms. The van der Waals surface area contributed by atoms with Crippen molar-refractivity contribution in [1.29, 1.82) is 0 Å². The first-order valence-electron chi connectivity index (χ1n) is 11.9. The average Bonchev–Trinajstić information content (AvgIpc) is 3.29. The first kappa shape index (κ1) is 23.2. The Morgan fingerprint density at radius 2 is 2.03 bits per heavy atom. The van der Waals surface area contributed by atoms with Crippen LogP contribution in [0.2, 0.25) is 5.02 Å². The summed E-state index contributed by atoms with van der Waals surface area (Å²) >= 11 is 6.01. The van der Waals surface area contributed by atoms with Crippen LogP contribution in [0.4, 0.5) is 4.39 Å². The number of ketones is 1. The minimum Gasteiger partial charge on any atom is -0.482 e. The van der Waals surface area contributed by atoms with Crippen molar-refractivity contribution in [1.82, 2.24) is 15.1 Å². The van der Waals surface area contributed by atoms with Crippen LogP contribution in [0.1, 0.15) is 59.7 Å². The quantitative estimate of drug-likeness (QED) is 0.511. The summed E-state index contributed by atoms with van der Waals surface area (Å²) in [6.07, 6.45) is 4.34. The molecule has 7 rings (SSSR count). The number of aliphatic hydroxyl groups excluding tert-OH is 1. The highest BCUT2D eigenvalue weighted by Gasteiger charge is 2.68. The molecular weight excluding hydrogens is 485 g/mol. The summed E-state index contributed by atoms with van der Waals surface area (Å²) in [6, 6.07) is 9.83. The number of hydrogen-bond acceptors (Lipinski definition) is 5. The van der Waals surface area contributed by atoms with Crippen molar-refractivity contribution in [3.05, 3.63) is 76.3 Å². The second-order valence-corrected chi connectivity index (χ2v) is 11.0. The summed E-state index contributed by atoms with van der Waals surface area (Å²) < 4.78 is 21.2. The Morgan fingerprint density at radius 1 is 1.25 bits per heavy atom. The number of aliphatic hydroxyl groups is 1. The number of ether oxygens (including phenoxy) is 1. The largest absolute Gasteiger partial charge is 0.482 e. The monoisotopic (exact) mass is 509 g/mol. The van der Waals surface area contributed by atoms with E-state index in [1.165, 1.54) is 16.9 Å². The summed E-state index contributed by atoms with van der Waals surface area (Å²) in [5.74, 6) is -0.0976. The van der Waals surface area contributed by atoms with E-state index in [1.54, 1.807) is 43.5 Å². The van der Waals surface area contributed by atoms with Crippen LogP contribution >= 0.6 is 11.6 Å². The lowest BCUT2D eigenvalue weighted by atomic mass is 9.38. The summed E-state index contributed by atoms with van der Waals surface area (Å²) in [4.78, 5) is 25.8. The smallest absolute Gasteiger partial charge is 0.254 e. The molecule has 3 aliphatic carbocycles. The molecule has 0 saturated heterocycles. The highest BCUT2D eigenvalue weighted by molar-refractivity contribution is 6.30. The third-order valence-electron chi connectivity index (χ3n) is 7.73. The Bertz CT molecular complexity index is 1380. The molecule has 0 unspecified atom stereocenters. The topological polar surface area (TPSA) is 93.5 Å². The van der Waals surface area contributed by atoms with Gasteiger partial charge in [-0.05, 0) is 67.5 Å². The van der Waals surface area contributed by atoms with Gasteiger partial charge in [-0.25, -0.2) is 9.07 Å². The van der Waals surface area contributed by atoms with Crippen LogP contribution in [0.25, 0.3) is 5.69 Å². The number of benzene rings is 2. The third-order valence-corrected chi connectivity index (χ3v) is 7.96. The summed E-state index contributed by atoms with van der Waals surface area (Å²) in [7, 11) is 0. The predicted octanol–water partition coefficient (Wildman–Crippen LogP) is 4.47. The van der Waals surface area contributed by atoms with Crippen LogP contribution in [0.5, 0.6) is 5.75 Å². The molecular formula is C27H25ClFN3O4. The number of carbonyl (C=O) groups excluding carboxylic acids is 2. The van der Waals surface area contributed by atoms with E-state index in [0.29, 0.717) is 39.6 Å². The van der Waals surface area contributed by atoms with Crippen molar-refractivity contribution >= 4 is 23.3 Å². The Balaban J connectivity index is 1.04. The summed E-state index contributed by atoms with van der Waals surface area (Å²) in [5.41, 5.74) is 1.67. The number of nitrogens with zero attached hydrogens (tertiary/aromatic N) is 2. The van der Waals surface area contributed by atoms with Gasteiger partial charge in [0.2, 0.25) is 0 Å². The van der Waals surface area contributed by atoms with E-state index in [1.807, 2.05) is 0 Å². The van der Waals surface area contributed by atoms with Gasteiger partial charge in [0.15, 0.2) is 11.9 Å². The predicted molar refractivity (Wildman–Crippen MR) is 130 cm³/mol. The zero-order chi connectivity index (χ0) is 25.2. The van der Waals surface area contributed by atoms with E-state index in [4.69, 9.17) is 16.3 Å². The van der Waals surface area contributed by atoms with Crippen LogP contribution in [-0.2, 0) is 4.79 Å². The van der Waals surface area contributed by atoms with Crippen molar-refractivity contribution in [3.8, 4) is 11.4 Å². The van der Waals surface area contributed by atoms with Gasteiger partial charge >= 0.3 is 0 Å². The number of aryl methyl sites for hydroxylation is 1. The number of rotatable bonds is 6. The van der Waals surface area contributed by atoms with Gasteiger partial charge in [-0.1, -0.05) is 17.7 Å². The first-order chi connectivity index (χ1) is 17.1. The van der Waals surface area contributed by atoms with Crippen LogP contribution in [0, 0.1) is 18.2 Å². The molecule has 3 fully saturated rings. The molecule has 2 aromatic carbocycles. The first-order valence-corrected chi connectivity index (χ1v) is 12.3. The molecule has 186 valence electrons. The molecule has 1 aliphatic heterocycles. The van der Waals surface area contributed by atoms with E-state index < -0.39 is 12.2 Å². The lowest BCUT2D eigenvalue weighted by Crippen LogP contribution is -2.75. The van der Waals surface area contributed by atoms with Gasteiger partial charge in [0.05, 0.1) is 23.6 Å². The molecule has 9 heteroatoms. The average molecular weight is 510 g/mol. The zero-order valence-corrected chi connectivity index (χ0v) is 20.4. The summed E-state index contributed by atoms with van der Waals surface area (Å²) in [6.45, 7) is 1.69. The fraction of sp³-hybridized carbons (Fsp3) is 0.370. The lowest BCUT2D eigenvalue weighted by molar-refractivity contribution is -0.166. The fourth-order valence-electron chi connectivity index (χ4n) is 6.04. The highest BCUT2D eigenvalue weighted by atomic mass is 35.5. The molecule has 2 bridgehead atoms. The van der Waals surface area contributed by atoms with E-state index in [-0.39, 0.29) is 34.9 Å². The summed E-state index contributed by atoms with van der Waals surface area (Å²) in [5, 5.41) is 18.3. The molecule has 1 amide bonds. The van der Waals surface area contributed by atoms with Crippen molar-refractivity contribution in [3.63, 3.8) is 0 Å². The normalized spacial score (nSPS) is 27.8. The Kier molecular flexibility index (Phi) is 5.25. The number of Topliss-reactive ketones (excluding diaryl/α,β-unsaturated/α-hetero) is 1. The molecule has 2 heterocycles. The molecule has 0 radical (unpaired) electrons. The Morgan fingerprint density at radius 3 is 2.78 bits per heavy atom. The van der Waals surface area contributed by atoms with Gasteiger partial charge in [-0.2, -0.15) is 5.10 Å². The van der Waals surface area contributed by atoms with E-state index in [0.717, 1.165) is 19.3 Å². The number of halogens is 2. The van der Waals surface area contributed by atoms with Crippen LogP contribution < -0.4 is 10.1 Å². The lowest BCUT2D eigenvalue weighted by Gasteiger charge is -2.70. The third kappa shape index (κ3) is 3.89. The zero-order valence-electron chi connectivity index (χ0n) is 19.6. The maximum absolute atomic E-state index is 13.9. The second-order valence-electron chi connectivity index (χ2n) is 10.6. The highest BCUT2D eigenvalue weighted by Crippen LogP contribution is 2.69. The second kappa shape index (κ2) is 8.15. The number of fused-ring (bicyclic) bond motifs is 1. The van der Waals surface area contributed by atoms with Gasteiger partial charge in [0.1, 0.15) is 11.6 Å². The van der Waals surface area contributed by atoms with E-state index in [2.05, 4.69) is 10.4 Å². The minimum absolute atomic E-state index is 0.0270. The number of carbonyl (C=O) groups is 2. The van der Waals surface area contributed by atoms with E-state index >= 15 is 0 Å². The van der Waals surface area contributed by atoms with Gasteiger partial charge in [-0.15, -0.1) is 0 Å². The fourth-order valence-corrected chi connectivity index (χ4v) is 6.22. The van der Waals surface area contributed by atoms with Crippen LogP contribution in [0.15, 0.2) is 48.8 Å². The minimum atomic E-state index is -0.794. The number of hydrogen-bond donors (Lipinski definition) is 2. The Hall–Kier alpha value is -3.23. The van der Waals surface area contributed by atoms with Gasteiger partial charge < -0.3 is 15.2 Å². The maximum Gasteiger partial charge on any atom is 0.254 e. The number of amides is 1. The van der Waals surface area contributed by atoms with Gasteiger partial charge in [-0.3, -0.25) is 9.59 Å². The molecule has 3 saturated carbocycles. The molecule has 3 aromatic rings. The molecule has 4 aliphatic rings. The van der Waals surface area contributed by atoms with E-state index in [9.17, 15) is 19.1 Å². The molecule has 1 aromatic heterocycles. The molecule has 2 N–H and O–H groups in total. The van der Waals surface area contributed by atoms with Crippen LogP contribution in [0.3, 0.4) is 0 Å².